The predicted molar refractivity (Wildman–Crippen MR) is 68.9 cm³/mol. The van der Waals surface area contributed by atoms with Gasteiger partial charge in [0, 0.05) is 16.2 Å². The molecule has 0 saturated carbocycles. The first-order valence-electron chi connectivity index (χ1n) is 4.80. The minimum absolute atomic E-state index is 0.119. The van der Waals surface area contributed by atoms with E-state index in [1.807, 2.05) is 0 Å². The number of benzene rings is 1. The molecule has 1 aromatic rings. The lowest BCUT2D eigenvalue weighted by molar-refractivity contribution is -0.121. The lowest BCUT2D eigenvalue weighted by Crippen LogP contribution is -2.28. The van der Waals surface area contributed by atoms with Gasteiger partial charge in [0.2, 0.25) is 5.91 Å². The van der Waals surface area contributed by atoms with Gasteiger partial charge < -0.3 is 5.32 Å². The summed E-state index contributed by atoms with van der Waals surface area (Å²) in [5.74, 6) is -0.119. The summed E-state index contributed by atoms with van der Waals surface area (Å²) in [6, 6.07) is 6.95. The van der Waals surface area contributed by atoms with Crippen molar-refractivity contribution in [3.8, 4) is 0 Å². The maximum absolute atomic E-state index is 11.9. The van der Waals surface area contributed by atoms with Crippen LogP contribution in [0.1, 0.15) is 13.8 Å². The summed E-state index contributed by atoms with van der Waals surface area (Å²) in [5, 5.41) is 3.42. The van der Waals surface area contributed by atoms with E-state index >= 15 is 0 Å². The Morgan fingerprint density at radius 3 is 2.38 bits per heavy atom. The molecule has 0 aliphatic carbocycles. The highest BCUT2D eigenvalue weighted by Gasteiger charge is 2.24. The fourth-order valence-electron chi connectivity index (χ4n) is 1.06. The second-order valence-corrected chi connectivity index (χ2v) is 4.66. The molecule has 4 heteroatoms. The molecule has 0 atom stereocenters. The molecule has 0 heterocycles. The first-order valence-corrected chi connectivity index (χ1v) is 5.62. The minimum atomic E-state index is -0.638. The summed E-state index contributed by atoms with van der Waals surface area (Å²) < 4.78 is 0. The van der Waals surface area contributed by atoms with Gasteiger partial charge in [0.1, 0.15) is 0 Å². The van der Waals surface area contributed by atoms with E-state index in [4.69, 9.17) is 23.2 Å². The summed E-state index contributed by atoms with van der Waals surface area (Å²) in [6.07, 6.45) is 1.64. The van der Waals surface area contributed by atoms with E-state index in [0.717, 1.165) is 0 Å². The van der Waals surface area contributed by atoms with Gasteiger partial charge in [-0.2, -0.15) is 0 Å². The Hall–Kier alpha value is -0.990. The fourth-order valence-corrected chi connectivity index (χ4v) is 1.50. The first kappa shape index (κ1) is 13.1. The van der Waals surface area contributed by atoms with Gasteiger partial charge in [-0.3, -0.25) is 4.79 Å². The molecule has 0 spiro atoms. The monoisotopic (exact) mass is 257 g/mol. The number of halogens is 2. The van der Waals surface area contributed by atoms with E-state index in [1.54, 1.807) is 44.2 Å². The summed E-state index contributed by atoms with van der Waals surface area (Å²) in [4.78, 5) is 11.9. The average Bonchev–Trinajstić information content (AvgIpc) is 2.21. The number of hydrogen-bond donors (Lipinski definition) is 1. The molecule has 1 rings (SSSR count). The van der Waals surface area contributed by atoms with Crippen molar-refractivity contribution < 1.29 is 4.79 Å². The van der Waals surface area contributed by atoms with Crippen LogP contribution < -0.4 is 5.32 Å². The number of rotatable bonds is 3. The minimum Gasteiger partial charge on any atom is -0.325 e. The Balaban J connectivity index is 2.75. The molecule has 0 aliphatic heterocycles. The third-order valence-corrected chi connectivity index (χ3v) is 2.54. The van der Waals surface area contributed by atoms with Crippen LogP contribution in [0.3, 0.4) is 0 Å². The van der Waals surface area contributed by atoms with E-state index in [9.17, 15) is 4.79 Å². The maximum Gasteiger partial charge on any atom is 0.233 e. The zero-order valence-corrected chi connectivity index (χ0v) is 10.6. The van der Waals surface area contributed by atoms with Gasteiger partial charge in [0.05, 0.1) is 5.41 Å². The predicted octanol–water partition coefficient (Wildman–Crippen LogP) is 4.06. The van der Waals surface area contributed by atoms with Crippen LogP contribution in [0.15, 0.2) is 35.9 Å². The highest BCUT2D eigenvalue weighted by Crippen LogP contribution is 2.21. The van der Waals surface area contributed by atoms with Crippen molar-refractivity contribution in [2.24, 2.45) is 5.41 Å². The standard InChI is InChI=1S/C12H13Cl2NO/c1-12(2,7-8-13)11(16)15-10-5-3-9(14)4-6-10/h3-8H,1-2H3,(H,15,16). The Bertz CT molecular complexity index is 396. The summed E-state index contributed by atoms with van der Waals surface area (Å²) in [7, 11) is 0. The second-order valence-electron chi connectivity index (χ2n) is 3.98. The van der Waals surface area contributed by atoms with Crippen molar-refractivity contribution >= 4 is 34.8 Å². The van der Waals surface area contributed by atoms with Crippen LogP contribution in [0, 0.1) is 5.41 Å². The molecule has 16 heavy (non-hydrogen) atoms. The SMILES string of the molecule is CC(C)(C=CCl)C(=O)Nc1ccc(Cl)cc1. The van der Waals surface area contributed by atoms with Gasteiger partial charge in [0.25, 0.3) is 0 Å². The molecule has 2 nitrogen and oxygen atoms in total. The number of nitrogens with one attached hydrogen (secondary N) is 1. The molecule has 0 aromatic heterocycles. The molecule has 0 aliphatic rings. The van der Waals surface area contributed by atoms with E-state index in [2.05, 4.69) is 5.32 Å². The Labute approximate surface area is 105 Å². The molecule has 1 aromatic carbocycles. The third kappa shape index (κ3) is 3.54. The van der Waals surface area contributed by atoms with E-state index in [0.29, 0.717) is 10.7 Å². The summed E-state index contributed by atoms with van der Waals surface area (Å²) in [5.41, 5.74) is 1.42. The largest absolute Gasteiger partial charge is 0.325 e. The Kier molecular flexibility index (Phi) is 4.39. The zero-order valence-electron chi connectivity index (χ0n) is 9.13. The number of amides is 1. The van der Waals surface area contributed by atoms with Crippen LogP contribution in [0.5, 0.6) is 0 Å². The molecule has 0 unspecified atom stereocenters. The van der Waals surface area contributed by atoms with Crippen molar-refractivity contribution in [1.82, 2.24) is 0 Å². The van der Waals surface area contributed by atoms with Gasteiger partial charge in [-0.05, 0) is 38.1 Å². The summed E-state index contributed by atoms with van der Waals surface area (Å²) in [6.45, 7) is 3.58. The fraction of sp³-hybridized carbons (Fsp3) is 0.250. The van der Waals surface area contributed by atoms with Gasteiger partial charge in [-0.15, -0.1) is 0 Å². The van der Waals surface area contributed by atoms with Crippen molar-refractivity contribution in [3.05, 3.63) is 40.9 Å². The molecule has 1 N–H and O–H groups in total. The van der Waals surface area contributed by atoms with Crippen LogP contribution in [0.25, 0.3) is 0 Å². The molecule has 0 saturated heterocycles. The first-order chi connectivity index (χ1) is 7.45. The lowest BCUT2D eigenvalue weighted by atomic mass is 9.92. The molecule has 0 bridgehead atoms. The van der Waals surface area contributed by atoms with Gasteiger partial charge >= 0.3 is 0 Å². The smallest absolute Gasteiger partial charge is 0.233 e. The molecular formula is C12H13Cl2NO. The van der Waals surface area contributed by atoms with Crippen molar-refractivity contribution in [1.29, 1.82) is 0 Å². The van der Waals surface area contributed by atoms with Crippen LogP contribution in [-0.2, 0) is 4.79 Å². The van der Waals surface area contributed by atoms with E-state index in [-0.39, 0.29) is 5.91 Å². The summed E-state index contributed by atoms with van der Waals surface area (Å²) >= 11 is 11.2. The third-order valence-electron chi connectivity index (χ3n) is 2.17. The highest BCUT2D eigenvalue weighted by atomic mass is 35.5. The van der Waals surface area contributed by atoms with Gasteiger partial charge in [-0.25, -0.2) is 0 Å². The normalized spacial score (nSPS) is 11.8. The Morgan fingerprint density at radius 2 is 1.88 bits per heavy atom. The second kappa shape index (κ2) is 5.37. The molecular weight excluding hydrogens is 245 g/mol. The van der Waals surface area contributed by atoms with Crippen LogP contribution in [0.2, 0.25) is 5.02 Å². The quantitative estimate of drug-likeness (QED) is 0.870. The van der Waals surface area contributed by atoms with Crippen LogP contribution in [-0.4, -0.2) is 5.91 Å². The highest BCUT2D eigenvalue weighted by molar-refractivity contribution is 6.30. The van der Waals surface area contributed by atoms with Crippen molar-refractivity contribution in [3.63, 3.8) is 0 Å². The van der Waals surface area contributed by atoms with Crippen LogP contribution >= 0.6 is 23.2 Å². The number of carbonyl (C=O) groups excluding carboxylic acids is 1. The van der Waals surface area contributed by atoms with E-state index < -0.39 is 5.41 Å². The molecule has 0 fully saturated rings. The molecule has 86 valence electrons. The topological polar surface area (TPSA) is 29.1 Å². The zero-order chi connectivity index (χ0) is 12.2. The number of carbonyl (C=O) groups is 1. The maximum atomic E-state index is 11.9. The Morgan fingerprint density at radius 1 is 1.31 bits per heavy atom. The number of anilines is 1. The van der Waals surface area contributed by atoms with E-state index in [1.165, 1.54) is 5.54 Å². The van der Waals surface area contributed by atoms with Gasteiger partial charge in [-0.1, -0.05) is 29.3 Å². The van der Waals surface area contributed by atoms with Crippen molar-refractivity contribution in [2.45, 2.75) is 13.8 Å². The van der Waals surface area contributed by atoms with Crippen molar-refractivity contribution in [2.75, 3.05) is 5.32 Å². The van der Waals surface area contributed by atoms with Gasteiger partial charge in [0.15, 0.2) is 0 Å². The molecule has 0 radical (unpaired) electrons. The van der Waals surface area contributed by atoms with Crippen LogP contribution in [0.4, 0.5) is 5.69 Å². The lowest BCUT2D eigenvalue weighted by Gasteiger charge is -2.19. The average molecular weight is 258 g/mol. The molecule has 1 amide bonds. The number of hydrogen-bond acceptors (Lipinski definition) is 1.